The highest BCUT2D eigenvalue weighted by Gasteiger charge is 2.08. The molecule has 5 heteroatoms. The molecule has 78 valence electrons. The van der Waals surface area contributed by atoms with Gasteiger partial charge in [0, 0.05) is 20.1 Å². The summed E-state index contributed by atoms with van der Waals surface area (Å²) in [5.41, 5.74) is 0. The fraction of sp³-hybridized carbons (Fsp3) is 0.875. The van der Waals surface area contributed by atoms with Gasteiger partial charge in [-0.25, -0.2) is 0 Å². The predicted molar refractivity (Wildman–Crippen MR) is 47.2 cm³/mol. The number of hydrogen-bond donors (Lipinski definition) is 3. The summed E-state index contributed by atoms with van der Waals surface area (Å²) < 4.78 is 4.77. The van der Waals surface area contributed by atoms with Crippen LogP contribution in [0.2, 0.25) is 0 Å². The number of methoxy groups -OCH3 is 1. The number of carbonyl (C=O) groups excluding carboxylic acids is 1. The van der Waals surface area contributed by atoms with Gasteiger partial charge in [0.25, 0.3) is 0 Å². The Kier molecular flexibility index (Phi) is 7.57. The third-order valence-corrected chi connectivity index (χ3v) is 1.56. The number of amides is 1. The average Bonchev–Trinajstić information content (AvgIpc) is 2.14. The van der Waals surface area contributed by atoms with Crippen LogP contribution in [0.5, 0.6) is 0 Å². The molecule has 3 N–H and O–H groups in total. The lowest BCUT2D eigenvalue weighted by Gasteiger charge is -2.12. The van der Waals surface area contributed by atoms with Crippen molar-refractivity contribution in [2.45, 2.75) is 18.9 Å². The van der Waals surface area contributed by atoms with E-state index in [0.29, 0.717) is 19.4 Å². The van der Waals surface area contributed by atoms with E-state index in [9.17, 15) is 4.79 Å². The summed E-state index contributed by atoms with van der Waals surface area (Å²) in [5.74, 6) is -0.176. The molecule has 0 bridgehead atoms. The molecule has 0 spiro atoms. The molecule has 0 radical (unpaired) electrons. The van der Waals surface area contributed by atoms with Crippen LogP contribution < -0.4 is 5.32 Å². The number of nitrogens with one attached hydrogen (secondary N) is 1. The van der Waals surface area contributed by atoms with Crippen molar-refractivity contribution in [3.05, 3.63) is 0 Å². The molecule has 0 aliphatic rings. The van der Waals surface area contributed by atoms with Gasteiger partial charge in [0.1, 0.15) is 0 Å². The summed E-state index contributed by atoms with van der Waals surface area (Å²) in [6.07, 6.45) is 0.996. The molecular formula is C8H17NO4. The Hall–Kier alpha value is -0.650. The van der Waals surface area contributed by atoms with Crippen LogP contribution in [0.1, 0.15) is 12.8 Å². The number of hydrogen-bond acceptors (Lipinski definition) is 4. The number of carbonyl (C=O) groups is 1. The van der Waals surface area contributed by atoms with E-state index in [4.69, 9.17) is 14.9 Å². The first kappa shape index (κ1) is 12.3. The van der Waals surface area contributed by atoms with Gasteiger partial charge in [-0.2, -0.15) is 0 Å². The van der Waals surface area contributed by atoms with Crippen LogP contribution in [-0.2, 0) is 9.53 Å². The standard InChI is InChI=1S/C8H17NO4/c1-13-4-2-3-8(12)9-7(5-10)6-11/h7,10-11H,2-6H2,1H3,(H,9,12). The molecule has 13 heavy (non-hydrogen) atoms. The molecule has 0 aromatic rings. The van der Waals surface area contributed by atoms with E-state index in [1.807, 2.05) is 0 Å². The van der Waals surface area contributed by atoms with Crippen LogP contribution >= 0.6 is 0 Å². The molecule has 0 aliphatic heterocycles. The molecule has 0 fully saturated rings. The lowest BCUT2D eigenvalue weighted by Crippen LogP contribution is -2.40. The van der Waals surface area contributed by atoms with Crippen LogP contribution in [0.3, 0.4) is 0 Å². The second-order valence-electron chi connectivity index (χ2n) is 2.73. The molecule has 0 aliphatic carbocycles. The number of aliphatic hydroxyl groups excluding tert-OH is 2. The van der Waals surface area contributed by atoms with Gasteiger partial charge in [-0.15, -0.1) is 0 Å². The Balaban J connectivity index is 3.48. The zero-order valence-corrected chi connectivity index (χ0v) is 7.82. The van der Waals surface area contributed by atoms with Gasteiger partial charge >= 0.3 is 0 Å². The van der Waals surface area contributed by atoms with E-state index in [1.54, 1.807) is 7.11 Å². The third-order valence-electron chi connectivity index (χ3n) is 1.56. The normalized spacial score (nSPS) is 10.5. The monoisotopic (exact) mass is 191 g/mol. The van der Waals surface area contributed by atoms with Gasteiger partial charge in [-0.05, 0) is 6.42 Å². The zero-order chi connectivity index (χ0) is 10.1. The fourth-order valence-electron chi connectivity index (χ4n) is 0.826. The minimum absolute atomic E-state index is 0.176. The van der Waals surface area contributed by atoms with Gasteiger partial charge in [0.05, 0.1) is 19.3 Å². The van der Waals surface area contributed by atoms with Crippen LogP contribution in [0.15, 0.2) is 0 Å². The summed E-state index contributed by atoms with van der Waals surface area (Å²) in [5, 5.41) is 19.8. The highest BCUT2D eigenvalue weighted by molar-refractivity contribution is 5.76. The second kappa shape index (κ2) is 7.97. The molecule has 0 saturated carbocycles. The van der Waals surface area contributed by atoms with Crippen LogP contribution in [0, 0.1) is 0 Å². The molecule has 0 aromatic carbocycles. The predicted octanol–water partition coefficient (Wildman–Crippen LogP) is -1.12. The summed E-state index contributed by atoms with van der Waals surface area (Å²) >= 11 is 0. The number of ether oxygens (including phenoxy) is 1. The summed E-state index contributed by atoms with van der Waals surface area (Å²) in [6.45, 7) is 0.0510. The van der Waals surface area contributed by atoms with E-state index in [-0.39, 0.29) is 19.1 Å². The molecule has 0 unspecified atom stereocenters. The average molecular weight is 191 g/mol. The smallest absolute Gasteiger partial charge is 0.220 e. The van der Waals surface area contributed by atoms with Crippen LogP contribution in [0.25, 0.3) is 0 Å². The van der Waals surface area contributed by atoms with Gasteiger partial charge in [0.2, 0.25) is 5.91 Å². The third kappa shape index (κ3) is 6.51. The highest BCUT2D eigenvalue weighted by Crippen LogP contribution is 1.90. The Morgan fingerprint density at radius 3 is 2.54 bits per heavy atom. The van der Waals surface area contributed by atoms with Gasteiger partial charge in [-0.3, -0.25) is 4.79 Å². The summed E-state index contributed by atoms with van der Waals surface area (Å²) in [4.78, 5) is 11.1. The van der Waals surface area contributed by atoms with Crippen molar-refractivity contribution >= 4 is 5.91 Å². The van der Waals surface area contributed by atoms with Gasteiger partial charge in [0.15, 0.2) is 0 Å². The topological polar surface area (TPSA) is 78.8 Å². The van der Waals surface area contributed by atoms with Gasteiger partial charge < -0.3 is 20.3 Å². The Labute approximate surface area is 77.7 Å². The van der Waals surface area contributed by atoms with E-state index < -0.39 is 6.04 Å². The Bertz CT molecular complexity index is 136. The molecular weight excluding hydrogens is 174 g/mol. The quantitative estimate of drug-likeness (QED) is 0.445. The van der Waals surface area contributed by atoms with Crippen LogP contribution in [0.4, 0.5) is 0 Å². The van der Waals surface area contributed by atoms with Crippen molar-refractivity contribution in [3.63, 3.8) is 0 Å². The summed E-state index contributed by atoms with van der Waals surface area (Å²) in [7, 11) is 1.57. The lowest BCUT2D eigenvalue weighted by molar-refractivity contribution is -0.122. The van der Waals surface area contributed by atoms with Crippen LogP contribution in [-0.4, -0.2) is 49.1 Å². The van der Waals surface area contributed by atoms with Crippen molar-refractivity contribution in [1.29, 1.82) is 0 Å². The number of aliphatic hydroxyl groups is 2. The Morgan fingerprint density at radius 2 is 2.08 bits per heavy atom. The first-order valence-corrected chi connectivity index (χ1v) is 4.24. The van der Waals surface area contributed by atoms with Crippen molar-refractivity contribution < 1.29 is 19.7 Å². The fourth-order valence-corrected chi connectivity index (χ4v) is 0.826. The molecule has 0 saturated heterocycles. The first-order valence-electron chi connectivity index (χ1n) is 4.24. The maximum atomic E-state index is 11.1. The minimum Gasteiger partial charge on any atom is -0.394 e. The summed E-state index contributed by atoms with van der Waals surface area (Å²) in [6, 6.07) is -0.546. The highest BCUT2D eigenvalue weighted by atomic mass is 16.5. The van der Waals surface area contributed by atoms with Crippen molar-refractivity contribution in [1.82, 2.24) is 5.32 Å². The molecule has 1 amide bonds. The molecule has 0 rings (SSSR count). The molecule has 0 atom stereocenters. The number of rotatable bonds is 7. The maximum Gasteiger partial charge on any atom is 0.220 e. The minimum atomic E-state index is -0.546. The lowest BCUT2D eigenvalue weighted by atomic mass is 10.2. The largest absolute Gasteiger partial charge is 0.394 e. The van der Waals surface area contributed by atoms with Crippen molar-refractivity contribution in [2.75, 3.05) is 26.9 Å². The van der Waals surface area contributed by atoms with Crippen molar-refractivity contribution in [2.24, 2.45) is 0 Å². The van der Waals surface area contributed by atoms with Gasteiger partial charge in [-0.1, -0.05) is 0 Å². The van der Waals surface area contributed by atoms with E-state index in [0.717, 1.165) is 0 Å². The SMILES string of the molecule is COCCCC(=O)NC(CO)CO. The zero-order valence-electron chi connectivity index (χ0n) is 7.82. The van der Waals surface area contributed by atoms with E-state index in [2.05, 4.69) is 5.32 Å². The molecule has 0 aromatic heterocycles. The maximum absolute atomic E-state index is 11.1. The van der Waals surface area contributed by atoms with Crippen molar-refractivity contribution in [3.8, 4) is 0 Å². The molecule has 0 heterocycles. The molecule has 5 nitrogen and oxygen atoms in total. The first-order chi connectivity index (χ1) is 6.24. The Morgan fingerprint density at radius 1 is 1.46 bits per heavy atom. The second-order valence-corrected chi connectivity index (χ2v) is 2.73. The van der Waals surface area contributed by atoms with E-state index in [1.165, 1.54) is 0 Å². The van der Waals surface area contributed by atoms with E-state index >= 15 is 0 Å².